The third-order valence-electron chi connectivity index (χ3n) is 2.63. The highest BCUT2D eigenvalue weighted by Gasteiger charge is 2.13. The molecule has 0 saturated heterocycles. The molecular formula is C16H18O2. The average molecular weight is 242 g/mol. The number of hydrogen-bond acceptors (Lipinski definition) is 2. The Morgan fingerprint density at radius 1 is 1.28 bits per heavy atom. The zero-order valence-corrected chi connectivity index (χ0v) is 11.0. The minimum Gasteiger partial charge on any atom is -0.464 e. The van der Waals surface area contributed by atoms with Gasteiger partial charge in [0.05, 0.1) is 12.4 Å². The summed E-state index contributed by atoms with van der Waals surface area (Å²) in [6, 6.07) is 7.71. The van der Waals surface area contributed by atoms with E-state index in [0.717, 1.165) is 16.5 Å². The van der Waals surface area contributed by atoms with Crippen molar-refractivity contribution in [2.75, 3.05) is 0 Å². The Hall–Kier alpha value is -1.72. The van der Waals surface area contributed by atoms with Crippen molar-refractivity contribution in [1.29, 1.82) is 0 Å². The maximum atomic E-state index is 10.1. The smallest absolute Gasteiger partial charge is 0.134 e. The summed E-state index contributed by atoms with van der Waals surface area (Å²) in [5, 5.41) is 11.1. The standard InChI is InChI=1S/C16H18O2/c1-16(2,3)10-6-8-14(17)13-11-18-15-9-5-4-7-12(13)15/h4-5,7,9,11,14,17H,8H2,1-3H3. The fraction of sp³-hybridized carbons (Fsp3) is 0.375. The monoisotopic (exact) mass is 242 g/mol. The van der Waals surface area contributed by atoms with Crippen LogP contribution in [0.5, 0.6) is 0 Å². The van der Waals surface area contributed by atoms with Gasteiger partial charge < -0.3 is 9.52 Å². The molecule has 2 aromatic rings. The van der Waals surface area contributed by atoms with E-state index >= 15 is 0 Å². The van der Waals surface area contributed by atoms with Crippen molar-refractivity contribution in [1.82, 2.24) is 0 Å². The first kappa shape index (κ1) is 12.7. The molecule has 2 nitrogen and oxygen atoms in total. The van der Waals surface area contributed by atoms with E-state index in [4.69, 9.17) is 4.42 Å². The molecule has 1 unspecified atom stereocenters. The predicted molar refractivity (Wildman–Crippen MR) is 73.0 cm³/mol. The van der Waals surface area contributed by atoms with Crippen molar-refractivity contribution in [2.24, 2.45) is 5.41 Å². The summed E-state index contributed by atoms with van der Waals surface area (Å²) in [6.07, 6.45) is 1.46. The molecule has 1 heterocycles. The number of aliphatic hydroxyl groups is 1. The van der Waals surface area contributed by atoms with Crippen molar-refractivity contribution >= 4 is 11.0 Å². The molecule has 0 aliphatic carbocycles. The summed E-state index contributed by atoms with van der Waals surface area (Å²) in [7, 11) is 0. The van der Waals surface area contributed by atoms with Gasteiger partial charge in [0.2, 0.25) is 0 Å². The van der Waals surface area contributed by atoms with Gasteiger partial charge in [0.15, 0.2) is 0 Å². The van der Waals surface area contributed by atoms with Crippen LogP contribution in [0.2, 0.25) is 0 Å². The van der Waals surface area contributed by atoms with Gasteiger partial charge in [0.25, 0.3) is 0 Å². The van der Waals surface area contributed by atoms with Crippen LogP contribution < -0.4 is 0 Å². The molecule has 0 amide bonds. The molecule has 0 fully saturated rings. The van der Waals surface area contributed by atoms with E-state index in [9.17, 15) is 5.11 Å². The zero-order chi connectivity index (χ0) is 13.2. The minimum absolute atomic E-state index is 0.0296. The first-order valence-corrected chi connectivity index (χ1v) is 6.11. The molecule has 94 valence electrons. The van der Waals surface area contributed by atoms with Gasteiger partial charge in [-0.2, -0.15) is 0 Å². The normalized spacial score (nSPS) is 13.1. The van der Waals surface area contributed by atoms with Crippen LogP contribution >= 0.6 is 0 Å². The number of benzene rings is 1. The van der Waals surface area contributed by atoms with E-state index in [-0.39, 0.29) is 5.41 Å². The highest BCUT2D eigenvalue weighted by molar-refractivity contribution is 5.81. The van der Waals surface area contributed by atoms with E-state index in [1.165, 1.54) is 0 Å². The molecule has 1 N–H and O–H groups in total. The molecule has 0 spiro atoms. The molecule has 0 radical (unpaired) electrons. The summed E-state index contributed by atoms with van der Waals surface area (Å²) >= 11 is 0. The SMILES string of the molecule is CC(C)(C)C#CCC(O)c1coc2ccccc12. The van der Waals surface area contributed by atoms with Gasteiger partial charge in [-0.1, -0.05) is 30.0 Å². The highest BCUT2D eigenvalue weighted by atomic mass is 16.3. The lowest BCUT2D eigenvalue weighted by Gasteiger charge is -2.08. The van der Waals surface area contributed by atoms with Gasteiger partial charge in [0.1, 0.15) is 5.58 Å². The first-order valence-electron chi connectivity index (χ1n) is 6.11. The summed E-state index contributed by atoms with van der Waals surface area (Å²) < 4.78 is 5.41. The number of furan rings is 1. The fourth-order valence-electron chi connectivity index (χ4n) is 1.78. The lowest BCUT2D eigenvalue weighted by Crippen LogP contribution is -2.00. The molecular weight excluding hydrogens is 224 g/mol. The highest BCUT2D eigenvalue weighted by Crippen LogP contribution is 2.27. The Kier molecular flexibility index (Phi) is 3.45. The third kappa shape index (κ3) is 2.94. The second-order valence-corrected chi connectivity index (χ2v) is 5.46. The molecule has 0 bridgehead atoms. The van der Waals surface area contributed by atoms with E-state index in [1.807, 2.05) is 24.3 Å². The minimum atomic E-state index is -0.594. The summed E-state index contributed by atoms with van der Waals surface area (Å²) in [5.74, 6) is 6.16. The Morgan fingerprint density at radius 3 is 2.72 bits per heavy atom. The summed E-state index contributed by atoms with van der Waals surface area (Å²) in [5.41, 5.74) is 1.59. The van der Waals surface area contributed by atoms with Gasteiger partial charge >= 0.3 is 0 Å². The van der Waals surface area contributed by atoms with Gasteiger partial charge in [-0.25, -0.2) is 0 Å². The van der Waals surface area contributed by atoms with Crippen LogP contribution in [0.15, 0.2) is 34.9 Å². The second-order valence-electron chi connectivity index (χ2n) is 5.46. The van der Waals surface area contributed by atoms with Crippen LogP contribution in [0.4, 0.5) is 0 Å². The van der Waals surface area contributed by atoms with Crippen molar-refractivity contribution in [3.05, 3.63) is 36.1 Å². The largest absolute Gasteiger partial charge is 0.464 e. The fourth-order valence-corrected chi connectivity index (χ4v) is 1.78. The number of aliphatic hydroxyl groups excluding tert-OH is 1. The molecule has 18 heavy (non-hydrogen) atoms. The average Bonchev–Trinajstić information content (AvgIpc) is 2.70. The molecule has 0 aliphatic rings. The van der Waals surface area contributed by atoms with Crippen LogP contribution in [0.3, 0.4) is 0 Å². The number of para-hydroxylation sites is 1. The molecule has 2 rings (SSSR count). The maximum Gasteiger partial charge on any atom is 0.134 e. The van der Waals surface area contributed by atoms with Crippen LogP contribution in [-0.4, -0.2) is 5.11 Å². The van der Waals surface area contributed by atoms with E-state index in [2.05, 4.69) is 32.6 Å². The van der Waals surface area contributed by atoms with Gasteiger partial charge in [-0.3, -0.25) is 0 Å². The van der Waals surface area contributed by atoms with E-state index in [0.29, 0.717) is 6.42 Å². The van der Waals surface area contributed by atoms with Crippen LogP contribution in [0, 0.1) is 17.3 Å². The van der Waals surface area contributed by atoms with Crippen molar-refractivity contribution in [2.45, 2.75) is 33.3 Å². The molecule has 0 aliphatic heterocycles. The Labute approximate surface area is 108 Å². The van der Waals surface area contributed by atoms with Crippen molar-refractivity contribution in [3.63, 3.8) is 0 Å². The van der Waals surface area contributed by atoms with Crippen LogP contribution in [0.25, 0.3) is 11.0 Å². The number of fused-ring (bicyclic) bond motifs is 1. The summed E-state index contributed by atoms with van der Waals surface area (Å²) in [6.45, 7) is 6.17. The molecule has 2 heteroatoms. The predicted octanol–water partition coefficient (Wildman–Crippen LogP) is 3.91. The van der Waals surface area contributed by atoms with Crippen LogP contribution in [-0.2, 0) is 0 Å². The van der Waals surface area contributed by atoms with E-state index < -0.39 is 6.10 Å². The molecule has 1 atom stereocenters. The molecule has 1 aromatic carbocycles. The van der Waals surface area contributed by atoms with Gasteiger partial charge in [-0.05, 0) is 26.8 Å². The lowest BCUT2D eigenvalue weighted by atomic mass is 9.97. The topological polar surface area (TPSA) is 33.4 Å². The van der Waals surface area contributed by atoms with Gasteiger partial charge in [-0.15, -0.1) is 0 Å². The first-order chi connectivity index (χ1) is 8.47. The van der Waals surface area contributed by atoms with Gasteiger partial charge in [0, 0.05) is 22.8 Å². The summed E-state index contributed by atoms with van der Waals surface area (Å²) in [4.78, 5) is 0. The Morgan fingerprint density at radius 2 is 2.00 bits per heavy atom. The third-order valence-corrected chi connectivity index (χ3v) is 2.63. The molecule has 1 aromatic heterocycles. The lowest BCUT2D eigenvalue weighted by molar-refractivity contribution is 0.184. The Balaban J connectivity index is 2.18. The Bertz CT molecular complexity index is 591. The molecule has 0 saturated carbocycles. The quantitative estimate of drug-likeness (QED) is 0.810. The maximum absolute atomic E-state index is 10.1. The van der Waals surface area contributed by atoms with E-state index in [1.54, 1.807) is 6.26 Å². The number of rotatable bonds is 2. The van der Waals surface area contributed by atoms with Crippen LogP contribution in [0.1, 0.15) is 38.9 Å². The number of hydrogen-bond donors (Lipinski definition) is 1. The van der Waals surface area contributed by atoms with Crippen molar-refractivity contribution in [3.8, 4) is 11.8 Å². The van der Waals surface area contributed by atoms with Crippen molar-refractivity contribution < 1.29 is 9.52 Å². The zero-order valence-electron chi connectivity index (χ0n) is 11.0. The second kappa shape index (κ2) is 4.88.